The predicted octanol–water partition coefficient (Wildman–Crippen LogP) is 6.52. The maximum atomic E-state index is 6.29. The van der Waals surface area contributed by atoms with Crippen LogP contribution in [0, 0.1) is 22.7 Å². The molecule has 0 saturated heterocycles. The van der Waals surface area contributed by atoms with E-state index < -0.39 is 0 Å². The van der Waals surface area contributed by atoms with E-state index in [-0.39, 0.29) is 5.41 Å². The van der Waals surface area contributed by atoms with Gasteiger partial charge in [-0.15, -0.1) is 0 Å². The quantitative estimate of drug-likeness (QED) is 0.497. The molecule has 2 atom stereocenters. The lowest BCUT2D eigenvalue weighted by atomic mass is 9.35. The SMILES string of the molecule is CCCC1(CC)C2CC3(C(=S)NC4CCC(N)CC4)CC1CC(c1ccccc1)(C2)C3. The van der Waals surface area contributed by atoms with E-state index in [1.54, 1.807) is 5.56 Å². The number of nitrogens with one attached hydrogen (secondary N) is 1. The smallest absolute Gasteiger partial charge is 0.0818 e. The first-order chi connectivity index (χ1) is 15.0. The van der Waals surface area contributed by atoms with E-state index in [2.05, 4.69) is 49.5 Å². The third-order valence-electron chi connectivity index (χ3n) is 10.2. The van der Waals surface area contributed by atoms with E-state index in [1.807, 2.05) is 0 Å². The molecule has 0 amide bonds. The fourth-order valence-electron chi connectivity index (χ4n) is 8.91. The van der Waals surface area contributed by atoms with Crippen molar-refractivity contribution in [2.45, 2.75) is 108 Å². The standard InChI is InChI=1S/C28H42N2S/c1-3-14-28(4-2)21-15-26(20-8-6-5-7-9-20)16-22(28)18-27(17-21,19-26)25(31)30-24-12-10-23(29)11-13-24/h5-9,21-24H,3-4,10-19,29H2,1-2H3,(H,30,31). The van der Waals surface area contributed by atoms with Crippen molar-refractivity contribution in [2.24, 2.45) is 28.4 Å². The van der Waals surface area contributed by atoms with Crippen molar-refractivity contribution in [3.63, 3.8) is 0 Å². The van der Waals surface area contributed by atoms with Crippen LogP contribution in [0.25, 0.3) is 0 Å². The maximum Gasteiger partial charge on any atom is 0.0818 e. The van der Waals surface area contributed by atoms with E-state index in [0.717, 1.165) is 24.7 Å². The van der Waals surface area contributed by atoms with Gasteiger partial charge in [-0.2, -0.15) is 0 Å². The van der Waals surface area contributed by atoms with E-state index in [0.29, 0.717) is 22.9 Å². The van der Waals surface area contributed by atoms with Crippen LogP contribution in [0.4, 0.5) is 0 Å². The summed E-state index contributed by atoms with van der Waals surface area (Å²) in [5.74, 6) is 1.64. The Balaban J connectivity index is 1.47. The molecule has 6 rings (SSSR count). The second-order valence-corrected chi connectivity index (χ2v) is 12.1. The Labute approximate surface area is 195 Å². The summed E-state index contributed by atoms with van der Waals surface area (Å²) in [7, 11) is 0. The summed E-state index contributed by atoms with van der Waals surface area (Å²) in [5, 5.41) is 3.92. The van der Waals surface area contributed by atoms with Gasteiger partial charge in [0.2, 0.25) is 0 Å². The summed E-state index contributed by atoms with van der Waals surface area (Å²) in [6.45, 7) is 4.87. The van der Waals surface area contributed by atoms with Crippen molar-refractivity contribution in [1.82, 2.24) is 5.32 Å². The lowest BCUT2D eigenvalue weighted by Gasteiger charge is -2.70. The average Bonchev–Trinajstić information content (AvgIpc) is 2.78. The first kappa shape index (κ1) is 21.9. The fourth-order valence-corrected chi connectivity index (χ4v) is 9.31. The number of hydrogen-bond donors (Lipinski definition) is 2. The van der Waals surface area contributed by atoms with Crippen LogP contribution >= 0.6 is 12.2 Å². The molecule has 3 heteroatoms. The minimum atomic E-state index is 0.211. The van der Waals surface area contributed by atoms with Gasteiger partial charge < -0.3 is 11.1 Å². The van der Waals surface area contributed by atoms with Gasteiger partial charge in [0, 0.05) is 17.5 Å². The molecule has 2 nitrogen and oxygen atoms in total. The number of thiocarbonyl (C=S) groups is 1. The zero-order valence-corrected chi connectivity index (χ0v) is 20.5. The average molecular weight is 439 g/mol. The van der Waals surface area contributed by atoms with E-state index in [1.165, 1.54) is 69.2 Å². The van der Waals surface area contributed by atoms with Crippen molar-refractivity contribution in [2.75, 3.05) is 0 Å². The third-order valence-corrected chi connectivity index (χ3v) is 10.8. The van der Waals surface area contributed by atoms with Crippen molar-refractivity contribution >= 4 is 17.2 Å². The van der Waals surface area contributed by atoms with E-state index in [4.69, 9.17) is 18.0 Å². The molecule has 0 aliphatic heterocycles. The van der Waals surface area contributed by atoms with Crippen LogP contribution in [-0.4, -0.2) is 17.1 Å². The molecule has 0 aromatic heterocycles. The molecule has 31 heavy (non-hydrogen) atoms. The number of benzene rings is 1. The summed E-state index contributed by atoms with van der Waals surface area (Å²) in [5.41, 5.74) is 8.84. The Morgan fingerprint density at radius 1 is 1.00 bits per heavy atom. The number of hydrogen-bond acceptors (Lipinski definition) is 2. The molecular weight excluding hydrogens is 396 g/mol. The van der Waals surface area contributed by atoms with Crippen LogP contribution in [0.2, 0.25) is 0 Å². The molecular formula is C28H42N2S. The topological polar surface area (TPSA) is 38.0 Å². The van der Waals surface area contributed by atoms with Crippen LogP contribution in [0.15, 0.2) is 30.3 Å². The van der Waals surface area contributed by atoms with Gasteiger partial charge >= 0.3 is 0 Å². The first-order valence-electron chi connectivity index (χ1n) is 13.1. The van der Waals surface area contributed by atoms with Crippen LogP contribution < -0.4 is 11.1 Å². The van der Waals surface area contributed by atoms with Crippen molar-refractivity contribution in [3.8, 4) is 0 Å². The minimum Gasteiger partial charge on any atom is -0.376 e. The highest BCUT2D eigenvalue weighted by Gasteiger charge is 2.66. The van der Waals surface area contributed by atoms with Gasteiger partial charge in [-0.1, -0.05) is 62.8 Å². The van der Waals surface area contributed by atoms with Crippen LogP contribution in [0.1, 0.15) is 96.5 Å². The summed E-state index contributed by atoms with van der Waals surface area (Å²) in [4.78, 5) is 1.21. The zero-order valence-electron chi connectivity index (χ0n) is 19.7. The Morgan fingerprint density at radius 2 is 1.65 bits per heavy atom. The van der Waals surface area contributed by atoms with Crippen molar-refractivity contribution in [1.29, 1.82) is 0 Å². The molecule has 0 heterocycles. The molecule has 1 aromatic rings. The molecule has 2 unspecified atom stereocenters. The van der Waals surface area contributed by atoms with Gasteiger partial charge in [0.05, 0.1) is 4.99 Å². The molecule has 4 bridgehead atoms. The van der Waals surface area contributed by atoms with E-state index in [9.17, 15) is 0 Å². The van der Waals surface area contributed by atoms with Crippen molar-refractivity contribution < 1.29 is 0 Å². The zero-order chi connectivity index (χ0) is 21.7. The molecule has 5 saturated carbocycles. The van der Waals surface area contributed by atoms with Crippen LogP contribution in [0.5, 0.6) is 0 Å². The van der Waals surface area contributed by atoms with Gasteiger partial charge in [-0.3, -0.25) is 0 Å². The Bertz CT molecular complexity index is 778. The highest BCUT2D eigenvalue weighted by molar-refractivity contribution is 7.80. The number of nitrogens with two attached hydrogens (primary N) is 1. The number of rotatable bonds is 6. The summed E-state index contributed by atoms with van der Waals surface area (Å²) < 4.78 is 0. The minimum absolute atomic E-state index is 0.211. The van der Waals surface area contributed by atoms with Gasteiger partial charge in [0.15, 0.2) is 0 Å². The van der Waals surface area contributed by atoms with Gasteiger partial charge in [-0.25, -0.2) is 0 Å². The molecule has 0 radical (unpaired) electrons. The van der Waals surface area contributed by atoms with E-state index >= 15 is 0 Å². The second kappa shape index (κ2) is 8.13. The summed E-state index contributed by atoms with van der Waals surface area (Å²) in [6.07, 6.45) is 15.4. The van der Waals surface area contributed by atoms with Crippen LogP contribution in [-0.2, 0) is 5.41 Å². The lowest BCUT2D eigenvalue weighted by molar-refractivity contribution is -0.148. The monoisotopic (exact) mass is 438 g/mol. The summed E-state index contributed by atoms with van der Waals surface area (Å²) in [6, 6.07) is 12.4. The predicted molar refractivity (Wildman–Crippen MR) is 134 cm³/mol. The molecule has 0 spiro atoms. The second-order valence-electron chi connectivity index (χ2n) is 11.7. The fraction of sp³-hybridized carbons (Fsp3) is 0.750. The van der Waals surface area contributed by atoms with Crippen molar-refractivity contribution in [3.05, 3.63) is 35.9 Å². The molecule has 5 aliphatic carbocycles. The molecule has 170 valence electrons. The normalized spacial score (nSPS) is 43.7. The lowest BCUT2D eigenvalue weighted by Crippen LogP contribution is -2.65. The van der Waals surface area contributed by atoms with Gasteiger partial charge in [0.1, 0.15) is 0 Å². The van der Waals surface area contributed by atoms with Crippen LogP contribution in [0.3, 0.4) is 0 Å². The molecule has 5 aliphatic rings. The highest BCUT2D eigenvalue weighted by atomic mass is 32.1. The summed E-state index contributed by atoms with van der Waals surface area (Å²) >= 11 is 6.29. The molecule has 5 fully saturated rings. The Hall–Kier alpha value is -0.930. The first-order valence-corrected chi connectivity index (χ1v) is 13.5. The molecule has 1 aromatic carbocycles. The van der Waals surface area contributed by atoms with Gasteiger partial charge in [-0.05, 0) is 98.9 Å². The Kier molecular flexibility index (Phi) is 5.74. The highest BCUT2D eigenvalue weighted by Crippen LogP contribution is 2.73. The molecule has 3 N–H and O–H groups in total. The largest absolute Gasteiger partial charge is 0.376 e. The third kappa shape index (κ3) is 3.50. The van der Waals surface area contributed by atoms with Gasteiger partial charge in [0.25, 0.3) is 0 Å². The Morgan fingerprint density at radius 3 is 2.23 bits per heavy atom. The maximum absolute atomic E-state index is 6.29.